The van der Waals surface area contributed by atoms with Gasteiger partial charge in [-0.15, -0.1) is 0 Å². The highest BCUT2D eigenvalue weighted by atomic mass is 35.7. The summed E-state index contributed by atoms with van der Waals surface area (Å²) in [4.78, 5) is -0.470. The van der Waals surface area contributed by atoms with Crippen molar-refractivity contribution in [1.82, 2.24) is 0 Å². The summed E-state index contributed by atoms with van der Waals surface area (Å²) in [5, 5.41) is -0.682. The lowest BCUT2D eigenvalue weighted by Gasteiger charge is -2.08. The molecule has 0 bridgehead atoms. The molecule has 1 rings (SSSR count). The lowest BCUT2D eigenvalue weighted by molar-refractivity contribution is -0.0498. The van der Waals surface area contributed by atoms with Crippen molar-refractivity contribution < 1.29 is 21.9 Å². The van der Waals surface area contributed by atoms with Crippen LogP contribution in [0.4, 0.5) is 8.78 Å². The molecule has 1 aromatic rings. The summed E-state index contributed by atoms with van der Waals surface area (Å²) in [6, 6.07) is 1.69. The first-order valence-corrected chi connectivity index (χ1v) is 6.67. The summed E-state index contributed by atoms with van der Waals surface area (Å²) < 4.78 is 49.7. The standard InChI is InChI=1S/C7H3Cl3F2O3S/c8-3-2-6(16(10,13)14)4(9)1-5(3)15-7(11)12/h1-2,7H. The number of halogens is 5. The van der Waals surface area contributed by atoms with E-state index in [2.05, 4.69) is 4.74 Å². The second-order valence-electron chi connectivity index (χ2n) is 2.53. The van der Waals surface area contributed by atoms with Crippen LogP contribution < -0.4 is 4.74 Å². The Labute approximate surface area is 104 Å². The number of ether oxygens (including phenoxy) is 1. The Balaban J connectivity index is 3.28. The van der Waals surface area contributed by atoms with E-state index >= 15 is 0 Å². The molecule has 0 N–H and O–H groups in total. The SMILES string of the molecule is O=S(=O)(Cl)c1cc(Cl)c(OC(F)F)cc1Cl. The molecule has 0 spiro atoms. The van der Waals surface area contributed by atoms with Gasteiger partial charge in [-0.05, 0) is 6.07 Å². The molecule has 0 aromatic heterocycles. The van der Waals surface area contributed by atoms with Gasteiger partial charge in [-0.25, -0.2) is 8.42 Å². The van der Waals surface area contributed by atoms with Gasteiger partial charge in [0.1, 0.15) is 10.6 Å². The van der Waals surface area contributed by atoms with Crippen LogP contribution >= 0.6 is 33.9 Å². The van der Waals surface area contributed by atoms with Crippen LogP contribution in [-0.4, -0.2) is 15.0 Å². The quantitative estimate of drug-likeness (QED) is 0.802. The van der Waals surface area contributed by atoms with Crippen molar-refractivity contribution in [2.45, 2.75) is 11.5 Å². The zero-order chi connectivity index (χ0) is 12.5. The summed E-state index contributed by atoms with van der Waals surface area (Å²) in [6.07, 6.45) is 0. The second kappa shape index (κ2) is 4.91. The van der Waals surface area contributed by atoms with E-state index < -0.39 is 26.3 Å². The van der Waals surface area contributed by atoms with Gasteiger partial charge in [0, 0.05) is 16.7 Å². The molecule has 0 fully saturated rings. The van der Waals surface area contributed by atoms with Crippen molar-refractivity contribution in [2.75, 3.05) is 0 Å². The van der Waals surface area contributed by atoms with Crippen LogP contribution in [0, 0.1) is 0 Å². The molecule has 0 saturated heterocycles. The summed E-state index contributed by atoms with van der Waals surface area (Å²) in [6.45, 7) is -3.09. The Hall–Kier alpha value is -0.300. The zero-order valence-electron chi connectivity index (χ0n) is 7.25. The number of hydrogen-bond donors (Lipinski definition) is 0. The molecule has 0 amide bonds. The van der Waals surface area contributed by atoms with E-state index in [1.54, 1.807) is 0 Å². The Bertz CT molecular complexity index is 504. The average Bonchev–Trinajstić information content (AvgIpc) is 2.07. The molecule has 0 heterocycles. The van der Waals surface area contributed by atoms with E-state index in [4.69, 9.17) is 33.9 Å². The highest BCUT2D eigenvalue weighted by molar-refractivity contribution is 8.13. The first kappa shape index (κ1) is 13.8. The minimum atomic E-state index is -4.09. The van der Waals surface area contributed by atoms with Crippen molar-refractivity contribution in [3.8, 4) is 5.75 Å². The molecule has 90 valence electrons. The Morgan fingerprint density at radius 1 is 1.19 bits per heavy atom. The summed E-state index contributed by atoms with van der Waals surface area (Å²) in [5.41, 5.74) is 0. The summed E-state index contributed by atoms with van der Waals surface area (Å²) in [7, 11) is 0.946. The van der Waals surface area contributed by atoms with Gasteiger partial charge in [0.25, 0.3) is 9.05 Å². The van der Waals surface area contributed by atoms with Crippen molar-refractivity contribution >= 4 is 42.9 Å². The molecular formula is C7H3Cl3F2O3S. The first-order chi connectivity index (χ1) is 7.21. The predicted octanol–water partition coefficient (Wildman–Crippen LogP) is 3.52. The maximum absolute atomic E-state index is 11.9. The van der Waals surface area contributed by atoms with Crippen LogP contribution in [0.2, 0.25) is 10.0 Å². The fourth-order valence-electron chi connectivity index (χ4n) is 0.883. The number of benzene rings is 1. The lowest BCUT2D eigenvalue weighted by atomic mass is 10.3. The normalized spacial score (nSPS) is 11.9. The second-order valence-corrected chi connectivity index (χ2v) is 5.88. The van der Waals surface area contributed by atoms with Gasteiger partial charge in [0.05, 0.1) is 10.0 Å². The van der Waals surface area contributed by atoms with Crippen molar-refractivity contribution in [2.24, 2.45) is 0 Å². The molecule has 16 heavy (non-hydrogen) atoms. The van der Waals surface area contributed by atoms with E-state index in [1.807, 2.05) is 0 Å². The van der Waals surface area contributed by atoms with Crippen LogP contribution in [0.25, 0.3) is 0 Å². The van der Waals surface area contributed by atoms with Crippen LogP contribution in [0.5, 0.6) is 5.75 Å². The Kier molecular flexibility index (Phi) is 4.23. The van der Waals surface area contributed by atoms with E-state index in [0.717, 1.165) is 12.1 Å². The van der Waals surface area contributed by atoms with Crippen LogP contribution in [0.15, 0.2) is 17.0 Å². The topological polar surface area (TPSA) is 43.4 Å². The Morgan fingerprint density at radius 2 is 1.75 bits per heavy atom. The summed E-state index contributed by atoms with van der Waals surface area (Å²) in [5.74, 6) is -0.425. The largest absolute Gasteiger partial charge is 0.433 e. The maximum atomic E-state index is 11.9. The number of hydrogen-bond acceptors (Lipinski definition) is 3. The molecule has 0 unspecified atom stereocenters. The Morgan fingerprint density at radius 3 is 2.19 bits per heavy atom. The highest BCUT2D eigenvalue weighted by Crippen LogP contribution is 2.35. The first-order valence-electron chi connectivity index (χ1n) is 3.60. The van der Waals surface area contributed by atoms with Gasteiger partial charge in [-0.1, -0.05) is 23.2 Å². The van der Waals surface area contributed by atoms with E-state index in [-0.39, 0.29) is 10.0 Å². The van der Waals surface area contributed by atoms with Crippen molar-refractivity contribution in [3.05, 3.63) is 22.2 Å². The number of rotatable bonds is 3. The van der Waals surface area contributed by atoms with Crippen molar-refractivity contribution in [3.63, 3.8) is 0 Å². The minimum Gasteiger partial charge on any atom is -0.433 e. The van der Waals surface area contributed by atoms with Crippen LogP contribution in [0.3, 0.4) is 0 Å². The fourth-order valence-corrected chi connectivity index (χ4v) is 2.67. The van der Waals surface area contributed by atoms with Crippen molar-refractivity contribution in [1.29, 1.82) is 0 Å². The third-order valence-electron chi connectivity index (χ3n) is 1.47. The van der Waals surface area contributed by atoms with Crippen LogP contribution in [0.1, 0.15) is 0 Å². The van der Waals surface area contributed by atoms with Gasteiger partial charge in [0.2, 0.25) is 0 Å². The molecule has 0 aliphatic carbocycles. The fraction of sp³-hybridized carbons (Fsp3) is 0.143. The molecule has 0 aliphatic heterocycles. The average molecular weight is 312 g/mol. The molecule has 1 aromatic carbocycles. The minimum absolute atomic E-state index is 0.330. The smallest absolute Gasteiger partial charge is 0.387 e. The molecule has 0 radical (unpaired) electrons. The third-order valence-corrected chi connectivity index (χ3v) is 3.55. The van der Waals surface area contributed by atoms with E-state index in [0.29, 0.717) is 0 Å². The molecule has 0 aliphatic rings. The van der Waals surface area contributed by atoms with Gasteiger partial charge in [0.15, 0.2) is 0 Å². The zero-order valence-corrected chi connectivity index (χ0v) is 10.3. The highest BCUT2D eigenvalue weighted by Gasteiger charge is 2.19. The van der Waals surface area contributed by atoms with E-state index in [1.165, 1.54) is 0 Å². The van der Waals surface area contributed by atoms with Gasteiger partial charge in [-0.3, -0.25) is 0 Å². The predicted molar refractivity (Wildman–Crippen MR) is 56.1 cm³/mol. The van der Waals surface area contributed by atoms with Gasteiger partial charge < -0.3 is 4.74 Å². The molecule has 9 heteroatoms. The summed E-state index contributed by atoms with van der Waals surface area (Å²) >= 11 is 11.0. The molecule has 0 saturated carbocycles. The maximum Gasteiger partial charge on any atom is 0.387 e. The third kappa shape index (κ3) is 3.35. The van der Waals surface area contributed by atoms with Crippen LogP contribution in [-0.2, 0) is 9.05 Å². The molecule has 0 atom stereocenters. The molecule has 3 nitrogen and oxygen atoms in total. The monoisotopic (exact) mass is 310 g/mol. The van der Waals surface area contributed by atoms with E-state index in [9.17, 15) is 17.2 Å². The lowest BCUT2D eigenvalue weighted by Crippen LogP contribution is -2.03. The van der Waals surface area contributed by atoms with Gasteiger partial charge in [-0.2, -0.15) is 8.78 Å². The number of alkyl halides is 2. The van der Waals surface area contributed by atoms with Gasteiger partial charge >= 0.3 is 6.61 Å². The molecular weight excluding hydrogens is 308 g/mol.